The van der Waals surface area contributed by atoms with Crippen molar-refractivity contribution in [2.24, 2.45) is 0 Å². The molecule has 0 atom stereocenters. The molecule has 2 N–H and O–H groups in total. The summed E-state index contributed by atoms with van der Waals surface area (Å²) in [7, 11) is 0. The topological polar surface area (TPSA) is 44.0 Å². The molecule has 0 saturated heterocycles. The van der Waals surface area contributed by atoms with Crippen molar-refractivity contribution >= 4 is 24.8 Å². The van der Waals surface area contributed by atoms with Crippen molar-refractivity contribution in [2.45, 2.75) is 174 Å². The van der Waals surface area contributed by atoms with Gasteiger partial charge in [-0.1, -0.05) is 162 Å². The predicted octanol–water partition coefficient (Wildman–Crippen LogP) is 11.3. The third-order valence-corrected chi connectivity index (χ3v) is 6.28. The van der Waals surface area contributed by atoms with Gasteiger partial charge in [-0.3, -0.25) is 0 Å². The zero-order valence-electron chi connectivity index (χ0n) is 23.0. The molecule has 0 aliphatic heterocycles. The van der Waals surface area contributed by atoms with Gasteiger partial charge in [0, 0.05) is 28.3 Å². The van der Waals surface area contributed by atoms with Crippen LogP contribution < -0.4 is 0 Å². The Labute approximate surface area is 237 Å². The first-order valence-electron chi connectivity index (χ1n) is 14.0. The van der Waals surface area contributed by atoms with E-state index in [0.29, 0.717) is 0 Å². The van der Waals surface area contributed by atoms with Crippen LogP contribution in [0.1, 0.15) is 169 Å². The van der Waals surface area contributed by atoms with E-state index in [4.69, 9.17) is 10.8 Å². The molecular formula is C28H62Cl2NOTi-. The number of hydrogen-bond donors (Lipinski definition) is 1. The Hall–Kier alpha value is 1.21. The van der Waals surface area contributed by atoms with Crippen LogP contribution in [0, 0.1) is 0 Å². The first-order chi connectivity index (χ1) is 14.6. The minimum atomic E-state index is -0.112. The summed E-state index contributed by atoms with van der Waals surface area (Å²) < 4.78 is 0. The van der Waals surface area contributed by atoms with Crippen molar-refractivity contribution in [3.63, 3.8) is 0 Å². The van der Waals surface area contributed by atoms with Crippen LogP contribution in [0.2, 0.25) is 0 Å². The fourth-order valence-corrected chi connectivity index (χ4v) is 4.28. The van der Waals surface area contributed by atoms with Crippen LogP contribution in [-0.4, -0.2) is 17.3 Å². The number of rotatable bonds is 22. The number of nitrogens with one attached hydrogen (secondary N) is 1. The smallest absolute Gasteiger partial charge is 0.0402 e. The molecule has 0 amide bonds. The number of hydrogen-bond acceptors (Lipinski definition) is 1. The number of aliphatic hydroxyl groups excluding tert-OH is 1. The van der Waals surface area contributed by atoms with Crippen molar-refractivity contribution in [3.8, 4) is 0 Å². The standard InChI is InChI=1S/C26H54N.C2H6O.2ClH.Ti/c1-4-7-10-13-16-19-22-25-26(27,23-20-17-14-11-8-5-2)24-21-18-15-12-9-6-3;1-2-3;;;/h27H,4-25H2,1-3H3;3H,2H2,1H3;2*1H;/q-1;;;;. The quantitative estimate of drug-likeness (QED) is 0.106. The third kappa shape index (κ3) is 37.9. The molecule has 0 heterocycles. The Morgan fingerprint density at radius 1 is 0.455 bits per heavy atom. The second kappa shape index (κ2) is 37.8. The fraction of sp³-hybridized carbons (Fsp3) is 1.00. The summed E-state index contributed by atoms with van der Waals surface area (Å²) in [6.07, 6.45) is 29.4. The fourth-order valence-electron chi connectivity index (χ4n) is 4.28. The molecule has 0 aromatic rings. The van der Waals surface area contributed by atoms with Gasteiger partial charge in [0.05, 0.1) is 0 Å². The summed E-state index contributed by atoms with van der Waals surface area (Å²) in [5.74, 6) is 0. The molecule has 0 aromatic carbocycles. The Morgan fingerprint density at radius 2 is 0.636 bits per heavy atom. The molecule has 0 saturated carbocycles. The third-order valence-electron chi connectivity index (χ3n) is 6.28. The zero-order chi connectivity index (χ0) is 22.8. The number of aliphatic hydroxyl groups is 1. The van der Waals surface area contributed by atoms with Crippen molar-refractivity contribution in [1.29, 1.82) is 0 Å². The molecule has 0 aliphatic rings. The van der Waals surface area contributed by atoms with Crippen LogP contribution in [0.4, 0.5) is 0 Å². The minimum absolute atomic E-state index is 0. The van der Waals surface area contributed by atoms with E-state index in [1.165, 1.54) is 122 Å². The van der Waals surface area contributed by atoms with Gasteiger partial charge in [-0.05, 0) is 6.92 Å². The molecule has 204 valence electrons. The molecular weight excluding hydrogens is 485 g/mol. The first kappa shape index (κ1) is 44.2. The van der Waals surface area contributed by atoms with Crippen LogP contribution in [0.15, 0.2) is 0 Å². The van der Waals surface area contributed by atoms with E-state index in [9.17, 15) is 0 Å². The summed E-state index contributed by atoms with van der Waals surface area (Å²) in [5.41, 5.74) is 8.99. The molecule has 0 unspecified atom stereocenters. The van der Waals surface area contributed by atoms with Crippen molar-refractivity contribution in [1.82, 2.24) is 0 Å². The van der Waals surface area contributed by atoms with Crippen LogP contribution in [0.25, 0.3) is 5.73 Å². The van der Waals surface area contributed by atoms with Gasteiger partial charge < -0.3 is 10.8 Å². The Morgan fingerprint density at radius 3 is 0.848 bits per heavy atom. The molecule has 0 radical (unpaired) electrons. The van der Waals surface area contributed by atoms with Crippen molar-refractivity contribution in [2.75, 3.05) is 6.61 Å². The largest absolute Gasteiger partial charge is 0.672 e. The molecule has 0 aliphatic carbocycles. The van der Waals surface area contributed by atoms with Crippen LogP contribution in [0.5, 0.6) is 0 Å². The zero-order valence-corrected chi connectivity index (χ0v) is 26.2. The Kier molecular flexibility index (Phi) is 50.6. The molecule has 0 bridgehead atoms. The average molecular weight is 548 g/mol. The summed E-state index contributed by atoms with van der Waals surface area (Å²) in [4.78, 5) is 0. The van der Waals surface area contributed by atoms with Crippen LogP contribution >= 0.6 is 24.8 Å². The predicted molar refractivity (Wildman–Crippen MR) is 153 cm³/mol. The normalized spacial score (nSPS) is 10.4. The van der Waals surface area contributed by atoms with Gasteiger partial charge in [0.15, 0.2) is 0 Å². The van der Waals surface area contributed by atoms with E-state index >= 15 is 0 Å². The van der Waals surface area contributed by atoms with Gasteiger partial charge in [0.25, 0.3) is 0 Å². The molecule has 0 spiro atoms. The van der Waals surface area contributed by atoms with Crippen LogP contribution in [0.3, 0.4) is 0 Å². The van der Waals surface area contributed by atoms with Gasteiger partial charge in [0.1, 0.15) is 0 Å². The molecule has 33 heavy (non-hydrogen) atoms. The first-order valence-corrected chi connectivity index (χ1v) is 14.0. The van der Waals surface area contributed by atoms with E-state index in [-0.39, 0.29) is 58.7 Å². The summed E-state index contributed by atoms with van der Waals surface area (Å²) in [6, 6.07) is 0. The summed E-state index contributed by atoms with van der Waals surface area (Å²) in [6.45, 7) is 8.80. The van der Waals surface area contributed by atoms with Gasteiger partial charge in [0.2, 0.25) is 0 Å². The number of halogens is 2. The van der Waals surface area contributed by atoms with Gasteiger partial charge in [-0.2, -0.15) is 0 Å². The van der Waals surface area contributed by atoms with E-state index in [1.807, 2.05) is 0 Å². The van der Waals surface area contributed by atoms with E-state index in [1.54, 1.807) is 6.92 Å². The van der Waals surface area contributed by atoms with Crippen LogP contribution in [-0.2, 0) is 21.7 Å². The molecule has 0 aromatic heterocycles. The molecule has 0 rings (SSSR count). The second-order valence-corrected chi connectivity index (χ2v) is 9.50. The minimum Gasteiger partial charge on any atom is -0.672 e. The molecule has 2 nitrogen and oxygen atoms in total. The SMILES string of the molecule is CCCCCCCCCC([NH-])(CCCCCCCC)CCCCCCCC.CCO.Cl.Cl.[Ti]. The van der Waals surface area contributed by atoms with Gasteiger partial charge in [-0.25, -0.2) is 0 Å². The van der Waals surface area contributed by atoms with Crippen molar-refractivity contribution in [3.05, 3.63) is 5.73 Å². The van der Waals surface area contributed by atoms with Gasteiger partial charge in [-0.15, -0.1) is 30.4 Å². The Balaban J connectivity index is -0.000000411. The molecule has 0 fully saturated rings. The monoisotopic (exact) mass is 546 g/mol. The maximum Gasteiger partial charge on any atom is 0.0402 e. The summed E-state index contributed by atoms with van der Waals surface area (Å²) >= 11 is 0. The summed E-state index contributed by atoms with van der Waals surface area (Å²) in [5, 5.41) is 7.57. The maximum atomic E-state index is 9.10. The van der Waals surface area contributed by atoms with E-state index in [0.717, 1.165) is 19.3 Å². The Bertz CT molecular complexity index is 294. The second-order valence-electron chi connectivity index (χ2n) is 9.50. The average Bonchev–Trinajstić information content (AvgIpc) is 2.73. The van der Waals surface area contributed by atoms with Gasteiger partial charge >= 0.3 is 0 Å². The number of unbranched alkanes of at least 4 members (excludes halogenated alkanes) is 16. The van der Waals surface area contributed by atoms with E-state index in [2.05, 4.69) is 20.8 Å². The van der Waals surface area contributed by atoms with Crippen molar-refractivity contribution < 1.29 is 26.8 Å². The maximum absolute atomic E-state index is 9.10. The van der Waals surface area contributed by atoms with E-state index < -0.39 is 0 Å². The molecule has 5 heteroatoms.